The summed E-state index contributed by atoms with van der Waals surface area (Å²) in [5.74, 6) is 0. The fourth-order valence-electron chi connectivity index (χ4n) is 3.75. The van der Waals surface area contributed by atoms with E-state index in [1.54, 1.807) is 11.1 Å². The molecule has 0 N–H and O–H groups in total. The van der Waals surface area contributed by atoms with Crippen LogP contribution in [0.5, 0.6) is 0 Å². The third-order valence-corrected chi connectivity index (χ3v) is 4.80. The van der Waals surface area contributed by atoms with E-state index in [1.807, 2.05) is 30.3 Å². The van der Waals surface area contributed by atoms with Crippen molar-refractivity contribution in [2.45, 2.75) is 38.8 Å². The van der Waals surface area contributed by atoms with E-state index < -0.39 is 0 Å². The first-order valence-electron chi connectivity index (χ1n) is 9.17. The van der Waals surface area contributed by atoms with Crippen LogP contribution in [0, 0.1) is 0 Å². The van der Waals surface area contributed by atoms with Gasteiger partial charge in [-0.05, 0) is 12.8 Å². The first-order valence-corrected chi connectivity index (χ1v) is 9.17. The van der Waals surface area contributed by atoms with E-state index in [4.69, 9.17) is 0 Å². The molecule has 0 aromatic heterocycles. The van der Waals surface area contributed by atoms with Gasteiger partial charge in [0, 0.05) is 17.1 Å². The Morgan fingerprint density at radius 2 is 1.32 bits per heavy atom. The van der Waals surface area contributed by atoms with Gasteiger partial charge in [-0.1, -0.05) is 19.4 Å². The van der Waals surface area contributed by atoms with Gasteiger partial charge >= 0.3 is 0 Å². The van der Waals surface area contributed by atoms with Gasteiger partial charge in [0.2, 0.25) is 0 Å². The molecule has 0 bridgehead atoms. The van der Waals surface area contributed by atoms with Crippen molar-refractivity contribution in [3.8, 4) is 0 Å². The topological polar surface area (TPSA) is 0 Å². The second-order valence-corrected chi connectivity index (χ2v) is 8.48. The van der Waals surface area contributed by atoms with Gasteiger partial charge in [-0.3, -0.25) is 0 Å². The predicted molar refractivity (Wildman–Crippen MR) is 106 cm³/mol. The van der Waals surface area contributed by atoms with Crippen LogP contribution in [-0.4, -0.2) is 51.3 Å². The molecule has 2 aromatic rings. The second-order valence-electron chi connectivity index (χ2n) is 8.48. The van der Waals surface area contributed by atoms with Gasteiger partial charge in [0.15, 0.2) is 0 Å². The average molecular weight is 386 g/mol. The van der Waals surface area contributed by atoms with E-state index in [1.165, 1.54) is 12.8 Å². The Bertz CT molecular complexity index is 502. The van der Waals surface area contributed by atoms with Crippen LogP contribution < -0.4 is 0 Å². The molecule has 0 radical (unpaired) electrons. The molecular formula is C22H38FeN2-4. The van der Waals surface area contributed by atoms with Crippen molar-refractivity contribution in [2.24, 2.45) is 0 Å². The van der Waals surface area contributed by atoms with Gasteiger partial charge < -0.3 is 39.3 Å². The summed E-state index contributed by atoms with van der Waals surface area (Å²) in [6.07, 6.45) is 2.38. The normalized spacial score (nSPS) is 14.1. The Balaban J connectivity index is 0.000000820. The molecule has 0 amide bonds. The van der Waals surface area contributed by atoms with Gasteiger partial charge in [-0.15, -0.1) is 5.56 Å². The standard InChI is InChI=1S/C17H33N2.C5H5.Fe/c1-9-16(18(3,4)5)14-12-11-13-15(14)17(10-2)19(6,7)8;1-2-4-5-3-1;/h11-13,16-17H,9-10H2,1-8H3;1-5H;/q+1;-5;. The summed E-state index contributed by atoms with van der Waals surface area (Å²) < 4.78 is 2.00. The first-order chi connectivity index (χ1) is 11.1. The van der Waals surface area contributed by atoms with Crippen molar-refractivity contribution in [2.75, 3.05) is 42.3 Å². The smallest absolute Gasteiger partial charge is 0.0911 e. The van der Waals surface area contributed by atoms with Gasteiger partial charge in [-0.25, -0.2) is 12.1 Å². The van der Waals surface area contributed by atoms with Crippen molar-refractivity contribution in [1.82, 2.24) is 0 Å². The summed E-state index contributed by atoms with van der Waals surface area (Å²) in [5.41, 5.74) is 3.10. The zero-order valence-electron chi connectivity index (χ0n) is 17.4. The zero-order valence-corrected chi connectivity index (χ0v) is 18.5. The molecule has 0 saturated heterocycles. The van der Waals surface area contributed by atoms with E-state index in [9.17, 15) is 0 Å². The van der Waals surface area contributed by atoms with Crippen molar-refractivity contribution in [3.63, 3.8) is 0 Å². The molecule has 0 spiro atoms. The predicted octanol–water partition coefficient (Wildman–Crippen LogP) is 5.12. The molecule has 0 heterocycles. The second kappa shape index (κ2) is 10.3. The Morgan fingerprint density at radius 3 is 1.64 bits per heavy atom. The van der Waals surface area contributed by atoms with Gasteiger partial charge in [0.05, 0.1) is 54.4 Å². The van der Waals surface area contributed by atoms with Crippen molar-refractivity contribution in [3.05, 3.63) is 59.7 Å². The van der Waals surface area contributed by atoms with Crippen LogP contribution in [0.4, 0.5) is 0 Å². The molecule has 2 nitrogen and oxygen atoms in total. The maximum Gasteiger partial charge on any atom is 0.0911 e. The Hall–Kier alpha value is -0.861. The number of quaternary nitrogens is 2. The van der Waals surface area contributed by atoms with Crippen LogP contribution in [-0.2, 0) is 17.1 Å². The van der Waals surface area contributed by atoms with Crippen molar-refractivity contribution in [1.29, 1.82) is 0 Å². The molecular weight excluding hydrogens is 348 g/mol. The molecule has 0 fully saturated rings. The van der Waals surface area contributed by atoms with E-state index in [0.717, 1.165) is 8.97 Å². The van der Waals surface area contributed by atoms with E-state index in [0.29, 0.717) is 12.1 Å². The molecule has 0 aliphatic carbocycles. The summed E-state index contributed by atoms with van der Waals surface area (Å²) >= 11 is 0. The number of hydrogen-bond donors (Lipinski definition) is 0. The largest absolute Gasteiger partial charge is 0.748 e. The van der Waals surface area contributed by atoms with Crippen LogP contribution in [0.1, 0.15) is 49.9 Å². The maximum atomic E-state index is 2.34. The summed E-state index contributed by atoms with van der Waals surface area (Å²) in [7, 11) is 13.8. The molecule has 2 atom stereocenters. The number of hydrogen-bond acceptors (Lipinski definition) is 0. The molecule has 2 aromatic carbocycles. The molecule has 2 rings (SSSR count). The molecule has 148 valence electrons. The summed E-state index contributed by atoms with van der Waals surface area (Å²) in [6.45, 7) is 4.61. The Kier molecular flexibility index (Phi) is 9.97. The fourth-order valence-corrected chi connectivity index (χ4v) is 3.75. The van der Waals surface area contributed by atoms with E-state index in [-0.39, 0.29) is 17.1 Å². The number of rotatable bonds is 6. The minimum Gasteiger partial charge on any atom is -0.748 e. The van der Waals surface area contributed by atoms with E-state index in [2.05, 4.69) is 74.3 Å². The quantitative estimate of drug-likeness (QED) is 0.367. The van der Waals surface area contributed by atoms with Crippen LogP contribution in [0.25, 0.3) is 0 Å². The monoisotopic (exact) mass is 386 g/mol. The van der Waals surface area contributed by atoms with Crippen LogP contribution >= 0.6 is 0 Å². The summed E-state index contributed by atoms with van der Waals surface area (Å²) in [6, 6.07) is 18.1. The molecule has 0 aliphatic heterocycles. The summed E-state index contributed by atoms with van der Waals surface area (Å²) in [4.78, 5) is 0. The maximum absolute atomic E-state index is 2.34. The van der Waals surface area contributed by atoms with Gasteiger partial charge in [0.25, 0.3) is 0 Å². The van der Waals surface area contributed by atoms with Gasteiger partial charge in [-0.2, -0.15) is 6.07 Å². The Labute approximate surface area is 166 Å². The van der Waals surface area contributed by atoms with Crippen LogP contribution in [0.15, 0.2) is 48.5 Å². The Morgan fingerprint density at radius 1 is 0.840 bits per heavy atom. The molecule has 2 unspecified atom stereocenters. The minimum atomic E-state index is 0. The van der Waals surface area contributed by atoms with Crippen LogP contribution in [0.3, 0.4) is 0 Å². The number of nitrogens with zero attached hydrogens (tertiary/aromatic N) is 2. The first kappa shape index (κ1) is 24.1. The third kappa shape index (κ3) is 7.11. The molecule has 0 saturated carbocycles. The van der Waals surface area contributed by atoms with Gasteiger partial charge in [0.1, 0.15) is 0 Å². The zero-order chi connectivity index (χ0) is 18.4. The third-order valence-electron chi connectivity index (χ3n) is 4.80. The minimum absolute atomic E-state index is 0. The summed E-state index contributed by atoms with van der Waals surface area (Å²) in [5, 5.41) is 0. The molecule has 25 heavy (non-hydrogen) atoms. The molecule has 3 heteroatoms. The van der Waals surface area contributed by atoms with Crippen molar-refractivity contribution < 1.29 is 26.0 Å². The van der Waals surface area contributed by atoms with E-state index >= 15 is 0 Å². The van der Waals surface area contributed by atoms with Crippen LogP contribution in [0.2, 0.25) is 0 Å². The SMILES string of the molecule is CCC(c1ccc[c-]1C(CC)[N+](C)(C)C)[N+](C)(C)C.[Fe].[cH-]1[cH-][cH-][cH-][cH-]1. The van der Waals surface area contributed by atoms with Crippen molar-refractivity contribution >= 4 is 0 Å². The molecule has 0 aliphatic rings. The fraction of sp³-hybridized carbons (Fsp3) is 0.545. The average Bonchev–Trinajstić information content (AvgIpc) is 3.12.